The van der Waals surface area contributed by atoms with Gasteiger partial charge in [0, 0.05) is 12.1 Å². The number of ether oxygens (including phenoxy) is 1. The molecule has 0 aromatic carbocycles. The van der Waals surface area contributed by atoms with Gasteiger partial charge < -0.3 is 15.6 Å². The fraction of sp³-hybridized carbons (Fsp3) is 0.923. The van der Waals surface area contributed by atoms with Gasteiger partial charge in [-0.2, -0.15) is 0 Å². The lowest BCUT2D eigenvalue weighted by Gasteiger charge is -2.31. The van der Waals surface area contributed by atoms with Crippen molar-refractivity contribution >= 4 is 6.09 Å². The molecule has 0 radical (unpaired) electrons. The quantitative estimate of drug-likeness (QED) is 0.736. The number of fused-ring (bicyclic) bond motifs is 1. The SMILES string of the molecule is CC(C)(C)OC(=O)N1[C@@H]2CCC[C@@H]2[C@@H](N)[C@@H]1CO. The largest absolute Gasteiger partial charge is 0.444 e. The van der Waals surface area contributed by atoms with Crippen LogP contribution in [0.1, 0.15) is 40.0 Å². The first-order valence-corrected chi connectivity index (χ1v) is 6.73. The number of carbonyl (C=O) groups excluding carboxylic acids is 1. The van der Waals surface area contributed by atoms with Crippen molar-refractivity contribution in [2.24, 2.45) is 11.7 Å². The van der Waals surface area contributed by atoms with Crippen LogP contribution in [0.5, 0.6) is 0 Å². The van der Waals surface area contributed by atoms with Crippen molar-refractivity contribution in [3.8, 4) is 0 Å². The molecule has 0 aromatic rings. The molecule has 0 unspecified atom stereocenters. The average Bonchev–Trinajstić information content (AvgIpc) is 2.77. The predicted octanol–water partition coefficient (Wildman–Crippen LogP) is 1.09. The molecule has 3 N–H and O–H groups in total. The summed E-state index contributed by atoms with van der Waals surface area (Å²) < 4.78 is 5.43. The smallest absolute Gasteiger partial charge is 0.410 e. The molecule has 4 atom stereocenters. The minimum atomic E-state index is -0.516. The molecule has 2 fully saturated rings. The van der Waals surface area contributed by atoms with Crippen molar-refractivity contribution < 1.29 is 14.6 Å². The second-order valence-electron chi connectivity index (χ2n) is 6.38. The Bertz CT molecular complexity index is 325. The Kier molecular flexibility index (Phi) is 3.56. The molecule has 1 saturated heterocycles. The summed E-state index contributed by atoms with van der Waals surface area (Å²) in [6.45, 7) is 5.45. The second kappa shape index (κ2) is 4.70. The van der Waals surface area contributed by atoms with Crippen LogP contribution in [-0.4, -0.2) is 46.4 Å². The molecule has 1 amide bonds. The first-order chi connectivity index (χ1) is 8.35. The molecule has 1 heterocycles. The minimum Gasteiger partial charge on any atom is -0.444 e. The fourth-order valence-electron chi connectivity index (χ4n) is 3.28. The highest BCUT2D eigenvalue weighted by Gasteiger charge is 2.51. The second-order valence-corrected chi connectivity index (χ2v) is 6.38. The molecule has 104 valence electrons. The summed E-state index contributed by atoms with van der Waals surface area (Å²) in [6.07, 6.45) is 2.77. The van der Waals surface area contributed by atoms with Crippen molar-refractivity contribution in [3.63, 3.8) is 0 Å². The van der Waals surface area contributed by atoms with E-state index in [0.717, 1.165) is 19.3 Å². The van der Waals surface area contributed by atoms with Gasteiger partial charge in [-0.25, -0.2) is 4.79 Å². The number of aliphatic hydroxyl groups excluding tert-OH is 1. The van der Waals surface area contributed by atoms with E-state index >= 15 is 0 Å². The van der Waals surface area contributed by atoms with Crippen molar-refractivity contribution in [1.82, 2.24) is 4.90 Å². The van der Waals surface area contributed by atoms with Crippen LogP contribution >= 0.6 is 0 Å². The zero-order valence-electron chi connectivity index (χ0n) is 11.4. The van der Waals surface area contributed by atoms with Gasteiger partial charge in [-0.3, -0.25) is 4.90 Å². The van der Waals surface area contributed by atoms with Gasteiger partial charge in [0.05, 0.1) is 12.6 Å². The lowest BCUT2D eigenvalue weighted by Crippen LogP contribution is -2.49. The maximum Gasteiger partial charge on any atom is 0.410 e. The first kappa shape index (κ1) is 13.6. The van der Waals surface area contributed by atoms with Gasteiger partial charge >= 0.3 is 6.09 Å². The number of aliphatic hydroxyl groups is 1. The normalized spacial score (nSPS) is 35.7. The lowest BCUT2D eigenvalue weighted by molar-refractivity contribution is 0.00765. The molecule has 1 saturated carbocycles. The third kappa shape index (κ3) is 2.34. The maximum absolute atomic E-state index is 12.3. The predicted molar refractivity (Wildman–Crippen MR) is 68.1 cm³/mol. The van der Waals surface area contributed by atoms with Gasteiger partial charge in [0.25, 0.3) is 0 Å². The van der Waals surface area contributed by atoms with Crippen LogP contribution in [-0.2, 0) is 4.74 Å². The Morgan fingerprint density at radius 1 is 1.44 bits per heavy atom. The fourth-order valence-corrected chi connectivity index (χ4v) is 3.28. The van der Waals surface area contributed by atoms with Crippen LogP contribution in [0.2, 0.25) is 0 Å². The number of hydrogen-bond acceptors (Lipinski definition) is 4. The summed E-state index contributed by atoms with van der Waals surface area (Å²) >= 11 is 0. The van der Waals surface area contributed by atoms with Gasteiger partial charge in [0.15, 0.2) is 0 Å². The van der Waals surface area contributed by atoms with Gasteiger partial charge in [-0.15, -0.1) is 0 Å². The molecular formula is C13H24N2O3. The third-order valence-corrected chi connectivity index (χ3v) is 3.98. The number of amides is 1. The Labute approximate surface area is 108 Å². The van der Waals surface area contributed by atoms with E-state index in [4.69, 9.17) is 10.5 Å². The number of carbonyl (C=O) groups is 1. The molecule has 0 aromatic heterocycles. The molecular weight excluding hydrogens is 232 g/mol. The number of rotatable bonds is 1. The summed E-state index contributed by atoms with van der Waals surface area (Å²) in [4.78, 5) is 13.9. The van der Waals surface area contributed by atoms with Crippen molar-refractivity contribution in [2.45, 2.75) is 63.8 Å². The van der Waals surface area contributed by atoms with Crippen molar-refractivity contribution in [2.75, 3.05) is 6.61 Å². The van der Waals surface area contributed by atoms with Crippen LogP contribution in [0.4, 0.5) is 4.79 Å². The molecule has 2 rings (SSSR count). The highest BCUT2D eigenvalue weighted by molar-refractivity contribution is 5.70. The van der Waals surface area contributed by atoms with Crippen LogP contribution < -0.4 is 5.73 Å². The van der Waals surface area contributed by atoms with Gasteiger partial charge in [0.2, 0.25) is 0 Å². The topological polar surface area (TPSA) is 75.8 Å². The summed E-state index contributed by atoms with van der Waals surface area (Å²) in [5.41, 5.74) is 5.64. The number of nitrogens with two attached hydrogens (primary N) is 1. The zero-order valence-corrected chi connectivity index (χ0v) is 11.4. The molecule has 0 spiro atoms. The van der Waals surface area contributed by atoms with Gasteiger partial charge in [-0.1, -0.05) is 6.42 Å². The first-order valence-electron chi connectivity index (χ1n) is 6.73. The lowest BCUT2D eigenvalue weighted by atomic mass is 9.97. The zero-order chi connectivity index (χ0) is 13.5. The molecule has 2 aliphatic rings. The summed E-state index contributed by atoms with van der Waals surface area (Å²) in [5.74, 6) is 0.315. The number of nitrogens with zero attached hydrogens (tertiary/aromatic N) is 1. The van der Waals surface area contributed by atoms with E-state index < -0.39 is 5.60 Å². The van der Waals surface area contributed by atoms with Crippen molar-refractivity contribution in [1.29, 1.82) is 0 Å². The molecule has 5 nitrogen and oxygen atoms in total. The van der Waals surface area contributed by atoms with Gasteiger partial charge in [0.1, 0.15) is 5.60 Å². The monoisotopic (exact) mass is 256 g/mol. The summed E-state index contributed by atoms with van der Waals surface area (Å²) in [7, 11) is 0. The average molecular weight is 256 g/mol. The Balaban J connectivity index is 2.16. The molecule has 0 bridgehead atoms. The Hall–Kier alpha value is -0.810. The van der Waals surface area contributed by atoms with E-state index in [1.54, 1.807) is 4.90 Å². The Morgan fingerprint density at radius 2 is 2.11 bits per heavy atom. The molecule has 18 heavy (non-hydrogen) atoms. The Morgan fingerprint density at radius 3 is 2.67 bits per heavy atom. The van der Waals surface area contributed by atoms with Crippen molar-refractivity contribution in [3.05, 3.63) is 0 Å². The maximum atomic E-state index is 12.3. The molecule has 5 heteroatoms. The van der Waals surface area contributed by atoms with Crippen LogP contribution in [0.25, 0.3) is 0 Å². The summed E-state index contributed by atoms with van der Waals surface area (Å²) in [5, 5.41) is 9.48. The number of hydrogen-bond donors (Lipinski definition) is 2. The highest BCUT2D eigenvalue weighted by atomic mass is 16.6. The van der Waals surface area contributed by atoms with Crippen LogP contribution in [0.15, 0.2) is 0 Å². The van der Waals surface area contributed by atoms with E-state index in [-0.39, 0.29) is 30.8 Å². The molecule has 1 aliphatic carbocycles. The van der Waals surface area contributed by atoms with E-state index in [9.17, 15) is 9.90 Å². The van der Waals surface area contributed by atoms with E-state index in [2.05, 4.69) is 0 Å². The summed E-state index contributed by atoms with van der Waals surface area (Å²) in [6, 6.07) is -0.280. The number of likely N-dealkylation sites (tertiary alicyclic amines) is 1. The minimum absolute atomic E-state index is 0.0899. The van der Waals surface area contributed by atoms with E-state index in [1.807, 2.05) is 20.8 Å². The molecule has 1 aliphatic heterocycles. The van der Waals surface area contributed by atoms with E-state index in [1.165, 1.54) is 0 Å². The standard InChI is InChI=1S/C13H24N2O3/c1-13(2,3)18-12(17)15-9-6-4-5-8(9)11(14)10(15)7-16/h8-11,16H,4-7,14H2,1-3H3/t8-,9+,10-,11+/m0/s1. The highest BCUT2D eigenvalue weighted by Crippen LogP contribution is 2.41. The van der Waals surface area contributed by atoms with Crippen LogP contribution in [0.3, 0.4) is 0 Å². The van der Waals surface area contributed by atoms with E-state index in [0.29, 0.717) is 5.92 Å². The van der Waals surface area contributed by atoms with Gasteiger partial charge in [-0.05, 0) is 39.5 Å². The van der Waals surface area contributed by atoms with Crippen LogP contribution in [0, 0.1) is 5.92 Å². The third-order valence-electron chi connectivity index (χ3n) is 3.98.